The molecule has 1 aliphatic rings. The van der Waals surface area contributed by atoms with Crippen LogP contribution in [0.25, 0.3) is 10.9 Å². The molecule has 1 aromatic carbocycles. The summed E-state index contributed by atoms with van der Waals surface area (Å²) in [5.74, 6) is -0.499. The van der Waals surface area contributed by atoms with Crippen molar-refractivity contribution in [3.8, 4) is 0 Å². The van der Waals surface area contributed by atoms with Crippen LogP contribution in [0.4, 0.5) is 5.82 Å². The summed E-state index contributed by atoms with van der Waals surface area (Å²) in [4.78, 5) is 38.0. The highest BCUT2D eigenvalue weighted by Crippen LogP contribution is 2.24. The van der Waals surface area contributed by atoms with E-state index in [4.69, 9.17) is 5.11 Å². The predicted molar refractivity (Wildman–Crippen MR) is 90.9 cm³/mol. The Hall–Kier alpha value is -3.29. The van der Waals surface area contributed by atoms with Gasteiger partial charge in [0.25, 0.3) is 5.56 Å². The van der Waals surface area contributed by atoms with Crippen LogP contribution in [0.3, 0.4) is 0 Å². The van der Waals surface area contributed by atoms with Crippen molar-refractivity contribution in [1.29, 1.82) is 0 Å². The van der Waals surface area contributed by atoms with E-state index >= 15 is 0 Å². The van der Waals surface area contributed by atoms with Crippen LogP contribution in [0.5, 0.6) is 0 Å². The van der Waals surface area contributed by atoms with Crippen molar-refractivity contribution in [1.82, 2.24) is 19.5 Å². The number of hydrogen-bond acceptors (Lipinski definition) is 6. The summed E-state index contributed by atoms with van der Waals surface area (Å²) < 4.78 is 1.67. The molecule has 0 spiro atoms. The van der Waals surface area contributed by atoms with Crippen molar-refractivity contribution >= 4 is 22.7 Å². The largest absolute Gasteiger partial charge is 0.476 e. The molecule has 0 radical (unpaired) electrons. The van der Waals surface area contributed by atoms with E-state index in [0.717, 1.165) is 6.42 Å². The molecule has 1 atom stereocenters. The quantitative estimate of drug-likeness (QED) is 0.769. The van der Waals surface area contributed by atoms with Gasteiger partial charge in [-0.25, -0.2) is 19.7 Å². The molecule has 1 fully saturated rings. The molecular formula is C17H15N5O3. The van der Waals surface area contributed by atoms with Crippen LogP contribution in [0.2, 0.25) is 0 Å². The van der Waals surface area contributed by atoms with Crippen molar-refractivity contribution in [2.75, 3.05) is 18.0 Å². The SMILES string of the molecule is O=C(O)c1cnc(N2CCC(n3cnc4ccccc4c3=O)C2)cn1. The minimum Gasteiger partial charge on any atom is -0.476 e. The van der Waals surface area contributed by atoms with Crippen molar-refractivity contribution in [2.24, 2.45) is 0 Å². The van der Waals surface area contributed by atoms with Gasteiger partial charge in [0.15, 0.2) is 5.69 Å². The lowest BCUT2D eigenvalue weighted by molar-refractivity contribution is 0.0690. The second-order valence-electron chi connectivity index (χ2n) is 5.93. The number of fused-ring (bicyclic) bond motifs is 1. The average molecular weight is 337 g/mol. The molecule has 0 bridgehead atoms. The molecule has 1 unspecified atom stereocenters. The van der Waals surface area contributed by atoms with Crippen molar-refractivity contribution in [3.63, 3.8) is 0 Å². The van der Waals surface area contributed by atoms with Crippen molar-refractivity contribution in [2.45, 2.75) is 12.5 Å². The van der Waals surface area contributed by atoms with Crippen molar-refractivity contribution < 1.29 is 9.90 Å². The number of aromatic nitrogens is 4. The molecule has 8 heteroatoms. The molecule has 3 heterocycles. The number of carbonyl (C=O) groups is 1. The van der Waals surface area contributed by atoms with Gasteiger partial charge in [0, 0.05) is 13.1 Å². The van der Waals surface area contributed by atoms with E-state index in [2.05, 4.69) is 15.0 Å². The molecule has 0 aliphatic carbocycles. The molecule has 25 heavy (non-hydrogen) atoms. The zero-order chi connectivity index (χ0) is 17.4. The Kier molecular flexibility index (Phi) is 3.64. The zero-order valence-corrected chi connectivity index (χ0v) is 13.2. The second kappa shape index (κ2) is 5.97. The van der Waals surface area contributed by atoms with Gasteiger partial charge in [-0.3, -0.25) is 9.36 Å². The Morgan fingerprint density at radius 2 is 2.00 bits per heavy atom. The van der Waals surface area contributed by atoms with E-state index in [1.54, 1.807) is 17.0 Å². The lowest BCUT2D eigenvalue weighted by Crippen LogP contribution is -2.28. The average Bonchev–Trinajstić information content (AvgIpc) is 3.12. The fourth-order valence-electron chi connectivity index (χ4n) is 3.12. The van der Waals surface area contributed by atoms with Crippen LogP contribution in [0.1, 0.15) is 23.0 Å². The van der Waals surface area contributed by atoms with Crippen LogP contribution < -0.4 is 10.5 Å². The van der Waals surface area contributed by atoms with E-state index in [9.17, 15) is 9.59 Å². The van der Waals surface area contributed by atoms with E-state index in [-0.39, 0.29) is 17.3 Å². The van der Waals surface area contributed by atoms with Gasteiger partial charge in [0.05, 0.1) is 35.7 Å². The molecule has 3 aromatic rings. The molecule has 2 aromatic heterocycles. The number of para-hydroxylation sites is 1. The van der Waals surface area contributed by atoms with E-state index < -0.39 is 5.97 Å². The molecule has 126 valence electrons. The molecule has 4 rings (SSSR count). The second-order valence-corrected chi connectivity index (χ2v) is 5.93. The molecule has 0 amide bonds. The number of anilines is 1. The van der Waals surface area contributed by atoms with E-state index in [0.29, 0.717) is 29.8 Å². The maximum Gasteiger partial charge on any atom is 0.356 e. The van der Waals surface area contributed by atoms with Crippen LogP contribution in [0.15, 0.2) is 47.8 Å². The van der Waals surface area contributed by atoms with Gasteiger partial charge in [0.2, 0.25) is 0 Å². The molecule has 8 nitrogen and oxygen atoms in total. The fourth-order valence-corrected chi connectivity index (χ4v) is 3.12. The van der Waals surface area contributed by atoms with E-state index in [1.165, 1.54) is 12.4 Å². The van der Waals surface area contributed by atoms with Crippen LogP contribution in [0, 0.1) is 0 Å². The summed E-state index contributed by atoms with van der Waals surface area (Å²) in [5, 5.41) is 9.49. The number of carboxylic acids is 1. The Bertz CT molecular complexity index is 999. The van der Waals surface area contributed by atoms with Gasteiger partial charge >= 0.3 is 5.97 Å². The summed E-state index contributed by atoms with van der Waals surface area (Å²) in [6.45, 7) is 1.31. The molecule has 1 saturated heterocycles. The first-order valence-corrected chi connectivity index (χ1v) is 7.89. The first kappa shape index (κ1) is 15.3. The maximum atomic E-state index is 12.7. The Morgan fingerprint density at radius 1 is 1.16 bits per heavy atom. The smallest absolute Gasteiger partial charge is 0.356 e. The highest BCUT2D eigenvalue weighted by Gasteiger charge is 2.26. The van der Waals surface area contributed by atoms with Crippen LogP contribution in [-0.2, 0) is 0 Å². The highest BCUT2D eigenvalue weighted by molar-refractivity contribution is 5.84. The van der Waals surface area contributed by atoms with Gasteiger partial charge in [-0.05, 0) is 18.6 Å². The summed E-state index contributed by atoms with van der Waals surface area (Å²) in [7, 11) is 0. The fraction of sp³-hybridized carbons (Fsp3) is 0.235. The van der Waals surface area contributed by atoms with Gasteiger partial charge in [0.1, 0.15) is 5.82 Å². The summed E-state index contributed by atoms with van der Waals surface area (Å²) in [6.07, 6.45) is 5.07. The summed E-state index contributed by atoms with van der Waals surface area (Å²) in [6, 6.07) is 7.28. The maximum absolute atomic E-state index is 12.7. The van der Waals surface area contributed by atoms with Gasteiger partial charge in [-0.15, -0.1) is 0 Å². The first-order valence-electron chi connectivity index (χ1n) is 7.89. The van der Waals surface area contributed by atoms with Gasteiger partial charge < -0.3 is 10.0 Å². The van der Waals surface area contributed by atoms with Gasteiger partial charge in [-0.2, -0.15) is 0 Å². The van der Waals surface area contributed by atoms with Crippen LogP contribution in [-0.4, -0.2) is 43.7 Å². The third kappa shape index (κ3) is 2.71. The molecule has 1 aliphatic heterocycles. The lowest BCUT2D eigenvalue weighted by Gasteiger charge is -2.18. The lowest BCUT2D eigenvalue weighted by atomic mass is 10.2. The summed E-state index contributed by atoms with van der Waals surface area (Å²) >= 11 is 0. The molecule has 0 saturated carbocycles. The molecular weight excluding hydrogens is 322 g/mol. The third-order valence-electron chi connectivity index (χ3n) is 4.43. The number of hydrogen-bond donors (Lipinski definition) is 1. The minimum absolute atomic E-state index is 0.00874. The first-order chi connectivity index (χ1) is 12.1. The van der Waals surface area contributed by atoms with Crippen LogP contribution >= 0.6 is 0 Å². The normalized spacial score (nSPS) is 17.1. The van der Waals surface area contributed by atoms with Gasteiger partial charge in [-0.1, -0.05) is 12.1 Å². The third-order valence-corrected chi connectivity index (χ3v) is 4.43. The van der Waals surface area contributed by atoms with E-state index in [1.807, 2.05) is 23.1 Å². The summed E-state index contributed by atoms with van der Waals surface area (Å²) in [5.41, 5.74) is 0.549. The number of nitrogens with zero attached hydrogens (tertiary/aromatic N) is 5. The Balaban J connectivity index is 1.59. The number of carboxylic acid groups (broad SMARTS) is 1. The van der Waals surface area contributed by atoms with Crippen molar-refractivity contribution in [3.05, 3.63) is 59.0 Å². The Labute approximate surface area is 142 Å². The minimum atomic E-state index is -1.10. The monoisotopic (exact) mass is 337 g/mol. The number of aromatic carboxylic acids is 1. The zero-order valence-electron chi connectivity index (χ0n) is 13.2. The molecule has 1 N–H and O–H groups in total. The predicted octanol–water partition coefficient (Wildman–Crippen LogP) is 1.34. The number of rotatable bonds is 3. The topological polar surface area (TPSA) is 101 Å². The highest BCUT2D eigenvalue weighted by atomic mass is 16.4. The number of benzene rings is 1. The standard InChI is InChI=1S/C17H15N5O3/c23-16-12-3-1-2-4-13(12)20-10-22(16)11-5-6-21(9-11)15-8-18-14(7-19-15)17(24)25/h1-4,7-8,10-11H,5-6,9H2,(H,24,25). The Morgan fingerprint density at radius 3 is 2.76 bits per heavy atom.